The SMILES string of the molecule is CC(CN(C)c1nccc2c(Br)cccc12)C(N)=S. The largest absolute Gasteiger partial charge is 0.393 e. The summed E-state index contributed by atoms with van der Waals surface area (Å²) < 4.78 is 1.07. The summed E-state index contributed by atoms with van der Waals surface area (Å²) >= 11 is 8.59. The van der Waals surface area contributed by atoms with Gasteiger partial charge in [0.05, 0.1) is 4.99 Å². The normalized spacial score (nSPS) is 12.4. The van der Waals surface area contributed by atoms with Crippen molar-refractivity contribution in [2.75, 3.05) is 18.5 Å². The van der Waals surface area contributed by atoms with E-state index in [1.807, 2.05) is 38.4 Å². The molecule has 0 bridgehead atoms. The van der Waals surface area contributed by atoms with E-state index < -0.39 is 0 Å². The Labute approximate surface area is 126 Å². The molecule has 0 radical (unpaired) electrons. The molecule has 1 heterocycles. The molecule has 1 unspecified atom stereocenters. The number of pyridine rings is 1. The molecule has 0 spiro atoms. The zero-order valence-electron chi connectivity index (χ0n) is 10.9. The van der Waals surface area contributed by atoms with Crippen LogP contribution in [-0.4, -0.2) is 23.6 Å². The van der Waals surface area contributed by atoms with Crippen molar-refractivity contribution in [1.29, 1.82) is 0 Å². The van der Waals surface area contributed by atoms with Gasteiger partial charge in [-0.15, -0.1) is 0 Å². The van der Waals surface area contributed by atoms with Crippen molar-refractivity contribution >= 4 is 49.7 Å². The summed E-state index contributed by atoms with van der Waals surface area (Å²) in [5, 5.41) is 2.27. The maximum absolute atomic E-state index is 5.68. The minimum absolute atomic E-state index is 0.157. The predicted octanol–water partition coefficient (Wildman–Crippen LogP) is 3.36. The van der Waals surface area contributed by atoms with E-state index in [9.17, 15) is 0 Å². The van der Waals surface area contributed by atoms with E-state index in [0.29, 0.717) is 4.99 Å². The van der Waals surface area contributed by atoms with Gasteiger partial charge in [0.25, 0.3) is 0 Å². The number of aromatic nitrogens is 1. The smallest absolute Gasteiger partial charge is 0.136 e. The third-order valence-corrected chi connectivity index (χ3v) is 4.22. The third-order valence-electron chi connectivity index (χ3n) is 3.13. The van der Waals surface area contributed by atoms with Crippen LogP contribution in [0.15, 0.2) is 34.9 Å². The monoisotopic (exact) mass is 337 g/mol. The second-order valence-electron chi connectivity index (χ2n) is 4.65. The van der Waals surface area contributed by atoms with Gasteiger partial charge in [0.1, 0.15) is 5.82 Å². The fraction of sp³-hybridized carbons (Fsp3) is 0.286. The van der Waals surface area contributed by atoms with Crippen molar-refractivity contribution < 1.29 is 0 Å². The van der Waals surface area contributed by atoms with Gasteiger partial charge in [-0.05, 0) is 12.1 Å². The minimum Gasteiger partial charge on any atom is -0.393 e. The lowest BCUT2D eigenvalue weighted by molar-refractivity contribution is 0.737. The van der Waals surface area contributed by atoms with Crippen LogP contribution >= 0.6 is 28.1 Å². The van der Waals surface area contributed by atoms with Gasteiger partial charge in [0, 0.05) is 41.0 Å². The average molecular weight is 338 g/mol. The van der Waals surface area contributed by atoms with Crippen LogP contribution in [0.3, 0.4) is 0 Å². The van der Waals surface area contributed by atoms with Crippen LogP contribution in [0.25, 0.3) is 10.8 Å². The first kappa shape index (κ1) is 14.2. The summed E-state index contributed by atoms with van der Waals surface area (Å²) in [5.41, 5.74) is 5.68. The van der Waals surface area contributed by atoms with Crippen molar-refractivity contribution in [2.45, 2.75) is 6.92 Å². The van der Waals surface area contributed by atoms with Crippen molar-refractivity contribution in [1.82, 2.24) is 4.98 Å². The molecule has 1 aromatic heterocycles. The van der Waals surface area contributed by atoms with Gasteiger partial charge in [0.15, 0.2) is 0 Å². The molecule has 0 saturated carbocycles. The second-order valence-corrected chi connectivity index (χ2v) is 5.98. The summed E-state index contributed by atoms with van der Waals surface area (Å²) in [5.74, 6) is 1.10. The third kappa shape index (κ3) is 3.04. The Morgan fingerprint density at radius 1 is 1.42 bits per heavy atom. The van der Waals surface area contributed by atoms with Gasteiger partial charge < -0.3 is 10.6 Å². The molecule has 0 aliphatic carbocycles. The van der Waals surface area contributed by atoms with Crippen molar-refractivity contribution in [3.05, 3.63) is 34.9 Å². The van der Waals surface area contributed by atoms with E-state index in [1.54, 1.807) is 0 Å². The van der Waals surface area contributed by atoms with E-state index in [4.69, 9.17) is 18.0 Å². The number of hydrogen-bond acceptors (Lipinski definition) is 3. The molecule has 100 valence electrons. The standard InChI is InChI=1S/C14H16BrN3S/c1-9(13(16)19)8-18(2)14-11-4-3-5-12(15)10(11)6-7-17-14/h3-7,9H,8H2,1-2H3,(H2,16,19). The van der Waals surface area contributed by atoms with Crippen LogP contribution in [0.1, 0.15) is 6.92 Å². The topological polar surface area (TPSA) is 42.2 Å². The summed E-state index contributed by atoms with van der Waals surface area (Å²) in [6.45, 7) is 2.79. The molecule has 0 aliphatic rings. The molecule has 0 fully saturated rings. The number of nitrogens with zero attached hydrogens (tertiary/aromatic N) is 2. The highest BCUT2D eigenvalue weighted by Crippen LogP contribution is 2.29. The van der Waals surface area contributed by atoms with Crippen LogP contribution in [0.4, 0.5) is 5.82 Å². The number of anilines is 1. The van der Waals surface area contributed by atoms with Gasteiger partial charge in [-0.25, -0.2) is 4.98 Å². The maximum Gasteiger partial charge on any atom is 0.136 e. The molecule has 0 amide bonds. The van der Waals surface area contributed by atoms with Gasteiger partial charge in [0.2, 0.25) is 0 Å². The Bertz CT molecular complexity index is 615. The quantitative estimate of drug-likeness (QED) is 0.868. The average Bonchev–Trinajstić information content (AvgIpc) is 2.38. The van der Waals surface area contributed by atoms with Crippen molar-refractivity contribution in [3.8, 4) is 0 Å². The zero-order chi connectivity index (χ0) is 14.0. The molecule has 0 saturated heterocycles. The molecular formula is C14H16BrN3S. The van der Waals surface area contributed by atoms with Gasteiger partial charge in [-0.1, -0.05) is 47.2 Å². The fourth-order valence-electron chi connectivity index (χ4n) is 2.04. The van der Waals surface area contributed by atoms with E-state index in [2.05, 4.69) is 31.9 Å². The highest BCUT2D eigenvalue weighted by atomic mass is 79.9. The lowest BCUT2D eigenvalue weighted by atomic mass is 10.1. The van der Waals surface area contributed by atoms with Gasteiger partial charge >= 0.3 is 0 Å². The van der Waals surface area contributed by atoms with E-state index in [-0.39, 0.29) is 5.92 Å². The molecular weight excluding hydrogens is 322 g/mol. The number of thiocarbonyl (C=S) groups is 1. The minimum atomic E-state index is 0.157. The first-order chi connectivity index (χ1) is 9.00. The fourth-order valence-corrected chi connectivity index (χ4v) is 2.62. The summed E-state index contributed by atoms with van der Waals surface area (Å²) in [6.07, 6.45) is 1.82. The molecule has 2 N–H and O–H groups in total. The van der Waals surface area contributed by atoms with Crippen LogP contribution in [0, 0.1) is 5.92 Å². The first-order valence-corrected chi connectivity index (χ1v) is 7.24. The highest BCUT2D eigenvalue weighted by molar-refractivity contribution is 9.10. The van der Waals surface area contributed by atoms with Gasteiger partial charge in [-0.3, -0.25) is 0 Å². The van der Waals surface area contributed by atoms with E-state index in [0.717, 1.165) is 27.6 Å². The molecule has 3 nitrogen and oxygen atoms in total. The molecule has 2 aromatic rings. The second kappa shape index (κ2) is 5.84. The summed E-state index contributed by atoms with van der Waals surface area (Å²) in [7, 11) is 2.01. The Morgan fingerprint density at radius 2 is 2.16 bits per heavy atom. The molecule has 5 heteroatoms. The molecule has 1 aromatic carbocycles. The Balaban J connectivity index is 2.40. The van der Waals surface area contributed by atoms with Crippen LogP contribution in [-0.2, 0) is 0 Å². The Morgan fingerprint density at radius 3 is 2.84 bits per heavy atom. The number of benzene rings is 1. The summed E-state index contributed by atoms with van der Waals surface area (Å²) in [4.78, 5) is 7.11. The van der Waals surface area contributed by atoms with Gasteiger partial charge in [-0.2, -0.15) is 0 Å². The van der Waals surface area contributed by atoms with Crippen LogP contribution in [0.2, 0.25) is 0 Å². The van der Waals surface area contributed by atoms with Crippen LogP contribution < -0.4 is 10.6 Å². The van der Waals surface area contributed by atoms with Crippen LogP contribution in [0.5, 0.6) is 0 Å². The number of nitrogens with two attached hydrogens (primary N) is 1. The number of hydrogen-bond donors (Lipinski definition) is 1. The first-order valence-electron chi connectivity index (χ1n) is 6.04. The molecule has 19 heavy (non-hydrogen) atoms. The number of rotatable bonds is 4. The Hall–Kier alpha value is -1.20. The van der Waals surface area contributed by atoms with Crippen molar-refractivity contribution in [2.24, 2.45) is 11.7 Å². The Kier molecular flexibility index (Phi) is 4.37. The molecule has 0 aliphatic heterocycles. The number of halogens is 1. The summed E-state index contributed by atoms with van der Waals surface area (Å²) in [6, 6.07) is 8.13. The lowest BCUT2D eigenvalue weighted by Gasteiger charge is -2.23. The lowest BCUT2D eigenvalue weighted by Crippen LogP contribution is -2.31. The zero-order valence-corrected chi connectivity index (χ0v) is 13.3. The molecule has 2 rings (SSSR count). The molecule has 1 atom stereocenters. The van der Waals surface area contributed by atoms with Crippen molar-refractivity contribution in [3.63, 3.8) is 0 Å². The maximum atomic E-state index is 5.68. The van der Waals surface area contributed by atoms with E-state index >= 15 is 0 Å². The van der Waals surface area contributed by atoms with E-state index in [1.165, 1.54) is 0 Å². The highest BCUT2D eigenvalue weighted by Gasteiger charge is 2.13. The number of fused-ring (bicyclic) bond motifs is 1. The predicted molar refractivity (Wildman–Crippen MR) is 88.7 cm³/mol.